The number of hydrogen-bond acceptors (Lipinski definition) is 3. The Bertz CT molecular complexity index is 301. The predicted molar refractivity (Wildman–Crippen MR) is 82.8 cm³/mol. The molecule has 0 saturated heterocycles. The summed E-state index contributed by atoms with van der Waals surface area (Å²) in [6.45, 7) is 6.16. The fourth-order valence-electron chi connectivity index (χ4n) is 1.92. The van der Waals surface area contributed by atoms with Crippen molar-refractivity contribution in [1.29, 1.82) is 0 Å². The maximum atomic E-state index is 11.9. The summed E-state index contributed by atoms with van der Waals surface area (Å²) in [5.74, 6) is -0.262. The van der Waals surface area contributed by atoms with Gasteiger partial charge in [0.15, 0.2) is 5.84 Å². The van der Waals surface area contributed by atoms with Gasteiger partial charge in [0.25, 0.3) is 0 Å². The standard InChI is InChI=1S/C15H31N3O2/c1-4-5-6-7-8-9-10-11-12-17-14(19)15(2,3)13(16)18-20/h20H,4-12H2,1-3H3,(H2,16,18)(H,17,19). The monoisotopic (exact) mass is 285 g/mol. The predicted octanol–water partition coefficient (Wildman–Crippen LogP) is 3.02. The molecule has 5 heteroatoms. The lowest BCUT2D eigenvalue weighted by Gasteiger charge is -2.21. The van der Waals surface area contributed by atoms with E-state index in [1.54, 1.807) is 13.8 Å². The van der Waals surface area contributed by atoms with E-state index in [1.807, 2.05) is 0 Å². The quantitative estimate of drug-likeness (QED) is 0.179. The summed E-state index contributed by atoms with van der Waals surface area (Å²) < 4.78 is 0. The molecule has 0 aromatic rings. The van der Waals surface area contributed by atoms with Crippen molar-refractivity contribution in [2.24, 2.45) is 16.3 Å². The average molecular weight is 285 g/mol. The zero-order valence-electron chi connectivity index (χ0n) is 13.2. The SMILES string of the molecule is CCCCCCCCCCNC(=O)C(C)(C)C(N)=NO. The number of hydrogen-bond donors (Lipinski definition) is 3. The number of nitrogens with zero attached hydrogens (tertiary/aromatic N) is 1. The summed E-state index contributed by atoms with van der Waals surface area (Å²) in [6, 6.07) is 0. The maximum absolute atomic E-state index is 11.9. The third-order valence-corrected chi connectivity index (χ3v) is 3.63. The second-order valence-corrected chi connectivity index (χ2v) is 5.84. The van der Waals surface area contributed by atoms with Gasteiger partial charge in [-0.15, -0.1) is 0 Å². The Balaban J connectivity index is 3.63. The summed E-state index contributed by atoms with van der Waals surface area (Å²) in [5.41, 5.74) is 4.54. The van der Waals surface area contributed by atoms with Gasteiger partial charge in [-0.05, 0) is 20.3 Å². The number of unbranched alkanes of at least 4 members (excludes halogenated alkanes) is 7. The van der Waals surface area contributed by atoms with Gasteiger partial charge in [-0.2, -0.15) is 0 Å². The van der Waals surface area contributed by atoms with Gasteiger partial charge in [0.2, 0.25) is 5.91 Å². The highest BCUT2D eigenvalue weighted by atomic mass is 16.4. The van der Waals surface area contributed by atoms with E-state index in [1.165, 1.54) is 38.5 Å². The normalized spacial score (nSPS) is 12.4. The number of nitrogens with one attached hydrogen (secondary N) is 1. The third kappa shape index (κ3) is 7.36. The molecule has 4 N–H and O–H groups in total. The molecule has 0 aliphatic carbocycles. The number of rotatable bonds is 11. The highest BCUT2D eigenvalue weighted by Crippen LogP contribution is 2.15. The van der Waals surface area contributed by atoms with Crippen LogP contribution in [0.15, 0.2) is 5.16 Å². The first-order valence-corrected chi connectivity index (χ1v) is 7.73. The lowest BCUT2D eigenvalue weighted by molar-refractivity contribution is -0.126. The molecule has 0 aliphatic heterocycles. The number of carbonyl (C=O) groups excluding carboxylic acids is 1. The molecule has 0 aromatic carbocycles. The van der Waals surface area contributed by atoms with E-state index in [0.29, 0.717) is 6.54 Å². The van der Waals surface area contributed by atoms with Crippen molar-refractivity contribution in [3.05, 3.63) is 0 Å². The Kier molecular flexibility index (Phi) is 9.86. The minimum atomic E-state index is -0.963. The van der Waals surface area contributed by atoms with Gasteiger partial charge in [0, 0.05) is 6.54 Å². The molecule has 0 fully saturated rings. The Morgan fingerprint density at radius 1 is 1.10 bits per heavy atom. The smallest absolute Gasteiger partial charge is 0.233 e. The van der Waals surface area contributed by atoms with Gasteiger partial charge in [-0.25, -0.2) is 0 Å². The van der Waals surface area contributed by atoms with E-state index in [9.17, 15) is 4.79 Å². The molecule has 1 amide bonds. The highest BCUT2D eigenvalue weighted by molar-refractivity contribution is 6.05. The van der Waals surface area contributed by atoms with Crippen LogP contribution in [0.1, 0.15) is 72.1 Å². The molecule has 5 nitrogen and oxygen atoms in total. The third-order valence-electron chi connectivity index (χ3n) is 3.63. The van der Waals surface area contributed by atoms with Gasteiger partial charge >= 0.3 is 0 Å². The van der Waals surface area contributed by atoms with E-state index >= 15 is 0 Å². The molecule has 0 aliphatic rings. The molecule has 0 rings (SSSR count). The molecule has 20 heavy (non-hydrogen) atoms. The van der Waals surface area contributed by atoms with Crippen molar-refractivity contribution in [2.45, 2.75) is 72.1 Å². The molecule has 0 aromatic heterocycles. The molecule has 0 bridgehead atoms. The van der Waals surface area contributed by atoms with Crippen LogP contribution in [-0.4, -0.2) is 23.5 Å². The molecular formula is C15H31N3O2. The van der Waals surface area contributed by atoms with E-state index in [4.69, 9.17) is 10.9 Å². The molecule has 0 heterocycles. The van der Waals surface area contributed by atoms with Gasteiger partial charge < -0.3 is 16.3 Å². The first-order chi connectivity index (χ1) is 9.46. The lowest BCUT2D eigenvalue weighted by Crippen LogP contribution is -2.46. The number of nitrogens with two attached hydrogens (primary N) is 1. The summed E-state index contributed by atoms with van der Waals surface area (Å²) in [6.07, 6.45) is 9.88. The van der Waals surface area contributed by atoms with Crippen LogP contribution in [0.25, 0.3) is 0 Å². The Labute approximate surface area is 123 Å². The van der Waals surface area contributed by atoms with Crippen LogP contribution in [0.3, 0.4) is 0 Å². The molecule has 0 radical (unpaired) electrons. The van der Waals surface area contributed by atoms with Gasteiger partial charge in [-0.1, -0.05) is 57.0 Å². The van der Waals surface area contributed by atoms with Gasteiger partial charge in [-0.3, -0.25) is 4.79 Å². The van der Waals surface area contributed by atoms with E-state index in [0.717, 1.165) is 12.8 Å². The van der Waals surface area contributed by atoms with Crippen molar-refractivity contribution in [3.63, 3.8) is 0 Å². The van der Waals surface area contributed by atoms with Crippen molar-refractivity contribution in [3.8, 4) is 0 Å². The first kappa shape index (κ1) is 18.7. The van der Waals surface area contributed by atoms with Crippen LogP contribution in [-0.2, 0) is 4.79 Å². The molecule has 0 atom stereocenters. The van der Waals surface area contributed by atoms with E-state index < -0.39 is 5.41 Å². The van der Waals surface area contributed by atoms with E-state index in [-0.39, 0.29) is 11.7 Å². The fourth-order valence-corrected chi connectivity index (χ4v) is 1.92. The minimum absolute atomic E-state index is 0.0640. The van der Waals surface area contributed by atoms with Crippen LogP contribution >= 0.6 is 0 Å². The number of amidine groups is 1. The second-order valence-electron chi connectivity index (χ2n) is 5.84. The van der Waals surface area contributed by atoms with Crippen molar-refractivity contribution >= 4 is 11.7 Å². The average Bonchev–Trinajstić information content (AvgIpc) is 2.44. The number of amides is 1. The van der Waals surface area contributed by atoms with Crippen LogP contribution in [0.2, 0.25) is 0 Å². The summed E-state index contributed by atoms with van der Waals surface area (Å²) in [5, 5.41) is 14.4. The summed E-state index contributed by atoms with van der Waals surface area (Å²) in [4.78, 5) is 11.9. The largest absolute Gasteiger partial charge is 0.409 e. The molecule has 118 valence electrons. The molecule has 0 spiro atoms. The highest BCUT2D eigenvalue weighted by Gasteiger charge is 2.32. The fraction of sp³-hybridized carbons (Fsp3) is 0.867. The molecule has 0 unspecified atom stereocenters. The maximum Gasteiger partial charge on any atom is 0.233 e. The van der Waals surface area contributed by atoms with Crippen LogP contribution in [0.5, 0.6) is 0 Å². The Morgan fingerprint density at radius 3 is 2.10 bits per heavy atom. The number of oxime groups is 1. The van der Waals surface area contributed by atoms with Crippen molar-refractivity contribution in [1.82, 2.24) is 5.32 Å². The van der Waals surface area contributed by atoms with E-state index in [2.05, 4.69) is 17.4 Å². The lowest BCUT2D eigenvalue weighted by atomic mass is 9.91. The molecular weight excluding hydrogens is 254 g/mol. The Morgan fingerprint density at radius 2 is 1.60 bits per heavy atom. The second kappa shape index (κ2) is 10.5. The van der Waals surface area contributed by atoms with Crippen LogP contribution in [0, 0.1) is 5.41 Å². The van der Waals surface area contributed by atoms with Gasteiger partial charge in [0.1, 0.15) is 5.41 Å². The zero-order valence-corrected chi connectivity index (χ0v) is 13.2. The first-order valence-electron chi connectivity index (χ1n) is 7.73. The number of carbonyl (C=O) groups is 1. The van der Waals surface area contributed by atoms with Crippen LogP contribution < -0.4 is 11.1 Å². The minimum Gasteiger partial charge on any atom is -0.409 e. The van der Waals surface area contributed by atoms with Gasteiger partial charge in [0.05, 0.1) is 0 Å². The van der Waals surface area contributed by atoms with Crippen molar-refractivity contribution < 1.29 is 10.0 Å². The van der Waals surface area contributed by atoms with Crippen LogP contribution in [0.4, 0.5) is 0 Å². The topological polar surface area (TPSA) is 87.7 Å². The Hall–Kier alpha value is -1.26. The molecule has 0 saturated carbocycles. The zero-order chi connectivity index (χ0) is 15.4. The summed E-state index contributed by atoms with van der Waals surface area (Å²) >= 11 is 0. The summed E-state index contributed by atoms with van der Waals surface area (Å²) in [7, 11) is 0. The van der Waals surface area contributed by atoms with Crippen molar-refractivity contribution in [2.75, 3.05) is 6.54 Å².